The molecule has 0 aliphatic rings. The predicted molar refractivity (Wildman–Crippen MR) is 226 cm³/mol. The molecule has 24 nitrogen and oxygen atoms in total. The lowest BCUT2D eigenvalue weighted by Gasteiger charge is -2.28. The second-order valence-electron chi connectivity index (χ2n) is 15.5. The lowest BCUT2D eigenvalue weighted by molar-refractivity contribution is -0.143. The van der Waals surface area contributed by atoms with Gasteiger partial charge in [-0.05, 0) is 43.6 Å². The van der Waals surface area contributed by atoms with Crippen LogP contribution in [0.15, 0.2) is 35.3 Å². The standard InChI is InChI=1S/C39H65N11O13/c1-19(2)14-24(48-36(60)29(40)31(55)20(3)4)33(57)46-23(12-9-13-43-39(41)42)32(56)47-25(15-22-10-7-6-8-11-22)34(58)50-30(21(5)53)37(61)44-16-28(54)45-26(17-51)35(59)49-27(18-52)38(62)63/h6-8,10-11,19-21,23-27,29-31,51-53,55H,9,12-18,40H2,1-5H3,(H,44,61)(H,45,54)(H,46,57)(H,47,56)(H,48,60)(H,49,59)(H,50,58)(H,62,63)(H4,41,42,43)/t21-,23+,24-,25-,26-,27-,29-,30-,31+/m0/s1. The topological polar surface area (TPSA) is 412 Å². The highest BCUT2D eigenvalue weighted by molar-refractivity contribution is 5.97. The van der Waals surface area contributed by atoms with Crippen molar-refractivity contribution in [3.63, 3.8) is 0 Å². The lowest BCUT2D eigenvalue weighted by atomic mass is 9.98. The quantitative estimate of drug-likeness (QED) is 0.0212. The number of benzene rings is 1. The second kappa shape index (κ2) is 27.9. The summed E-state index contributed by atoms with van der Waals surface area (Å²) in [5, 5.41) is 65.0. The maximum atomic E-state index is 14.1. The van der Waals surface area contributed by atoms with E-state index in [1.807, 2.05) is 5.32 Å². The first-order valence-electron chi connectivity index (χ1n) is 20.3. The van der Waals surface area contributed by atoms with Gasteiger partial charge in [-0.15, -0.1) is 0 Å². The minimum Gasteiger partial charge on any atom is -0.480 e. The van der Waals surface area contributed by atoms with Gasteiger partial charge in [0.05, 0.1) is 32.0 Å². The van der Waals surface area contributed by atoms with Crippen molar-refractivity contribution in [2.24, 2.45) is 34.0 Å². The maximum Gasteiger partial charge on any atom is 0.328 e. The van der Waals surface area contributed by atoms with E-state index in [1.165, 1.54) is 0 Å². The third-order valence-electron chi connectivity index (χ3n) is 9.30. The number of hydrogen-bond acceptors (Lipinski definition) is 14. The maximum absolute atomic E-state index is 14.1. The number of carboxylic acid groups (broad SMARTS) is 1. The molecule has 0 saturated carbocycles. The fraction of sp³-hybridized carbons (Fsp3) is 0.615. The number of amides is 7. The van der Waals surface area contributed by atoms with E-state index in [4.69, 9.17) is 27.4 Å². The molecule has 0 heterocycles. The normalized spacial score (nSPS) is 15.4. The van der Waals surface area contributed by atoms with Gasteiger partial charge in [0.15, 0.2) is 5.96 Å². The molecule has 1 aromatic rings. The van der Waals surface area contributed by atoms with E-state index in [-0.39, 0.29) is 50.0 Å². The van der Waals surface area contributed by atoms with Crippen LogP contribution in [0.4, 0.5) is 0 Å². The first-order chi connectivity index (χ1) is 29.5. The summed E-state index contributed by atoms with van der Waals surface area (Å²) in [4.78, 5) is 108. The Balaban J connectivity index is 3.35. The van der Waals surface area contributed by atoms with Crippen LogP contribution in [0.25, 0.3) is 0 Å². The predicted octanol–water partition coefficient (Wildman–Crippen LogP) is -5.85. The number of carbonyl (C=O) groups excluding carboxylic acids is 7. The Kier molecular flexibility index (Phi) is 24.4. The molecule has 0 aliphatic heterocycles. The minimum absolute atomic E-state index is 0.0516. The third-order valence-corrected chi connectivity index (χ3v) is 9.30. The highest BCUT2D eigenvalue weighted by atomic mass is 16.4. The molecule has 24 heteroatoms. The van der Waals surface area contributed by atoms with E-state index >= 15 is 0 Å². The number of aliphatic imine (C=N–C) groups is 1. The van der Waals surface area contributed by atoms with Crippen LogP contribution in [0.3, 0.4) is 0 Å². The van der Waals surface area contributed by atoms with Crippen LogP contribution in [-0.4, -0.2) is 160 Å². The van der Waals surface area contributed by atoms with Crippen molar-refractivity contribution in [1.82, 2.24) is 37.2 Å². The van der Waals surface area contributed by atoms with E-state index in [9.17, 15) is 53.7 Å². The van der Waals surface area contributed by atoms with Gasteiger partial charge in [0, 0.05) is 13.0 Å². The number of guanidine groups is 1. The summed E-state index contributed by atoms with van der Waals surface area (Å²) in [6.07, 6.45) is -2.75. The number of nitrogens with zero attached hydrogens (tertiary/aromatic N) is 1. The van der Waals surface area contributed by atoms with Gasteiger partial charge in [-0.2, -0.15) is 0 Å². The van der Waals surface area contributed by atoms with E-state index in [1.54, 1.807) is 58.0 Å². The molecule has 0 radical (unpaired) electrons. The first kappa shape index (κ1) is 55.1. The number of nitrogens with one attached hydrogen (secondary N) is 7. The van der Waals surface area contributed by atoms with Crippen molar-refractivity contribution >= 4 is 53.3 Å². The molecule has 0 aliphatic carbocycles. The summed E-state index contributed by atoms with van der Waals surface area (Å²) in [5.41, 5.74) is 17.4. The highest BCUT2D eigenvalue weighted by Crippen LogP contribution is 2.11. The monoisotopic (exact) mass is 895 g/mol. The van der Waals surface area contributed by atoms with E-state index < -0.39 is 122 Å². The number of nitrogens with two attached hydrogens (primary N) is 3. The summed E-state index contributed by atoms with van der Waals surface area (Å²) < 4.78 is 0. The fourth-order valence-corrected chi connectivity index (χ4v) is 5.75. The van der Waals surface area contributed by atoms with Crippen molar-refractivity contribution < 1.29 is 63.9 Å². The molecule has 7 amide bonds. The fourth-order valence-electron chi connectivity index (χ4n) is 5.75. The van der Waals surface area contributed by atoms with Gasteiger partial charge in [-0.1, -0.05) is 58.0 Å². The molecule has 0 unspecified atom stereocenters. The average Bonchev–Trinajstić information content (AvgIpc) is 3.22. The summed E-state index contributed by atoms with van der Waals surface area (Å²) >= 11 is 0. The Morgan fingerprint density at radius 3 is 1.71 bits per heavy atom. The first-order valence-corrected chi connectivity index (χ1v) is 20.3. The van der Waals surface area contributed by atoms with Gasteiger partial charge >= 0.3 is 5.97 Å². The Morgan fingerprint density at radius 2 is 1.19 bits per heavy atom. The molecule has 0 fully saturated rings. The van der Waals surface area contributed by atoms with Gasteiger partial charge < -0.3 is 80.0 Å². The SMILES string of the molecule is CC(C)C[C@H](NC(=O)[C@@H](N)[C@H](O)C(C)C)C(=O)N[C@H](CCCN=C(N)N)C(=O)N[C@@H](Cc1ccccc1)C(=O)N[C@H](C(=O)NCC(=O)N[C@@H](CO)C(=O)N[C@@H](CO)C(=O)O)[C@H](C)O. The molecule has 18 N–H and O–H groups in total. The molecule has 0 aromatic heterocycles. The van der Waals surface area contributed by atoms with Crippen LogP contribution in [-0.2, 0) is 44.8 Å². The zero-order valence-corrected chi connectivity index (χ0v) is 36.1. The number of aliphatic hydroxyl groups is 4. The summed E-state index contributed by atoms with van der Waals surface area (Å²) in [6.45, 7) is 5.32. The lowest BCUT2D eigenvalue weighted by Crippen LogP contribution is -2.61. The Bertz CT molecular complexity index is 1710. The zero-order chi connectivity index (χ0) is 48.0. The molecule has 0 spiro atoms. The number of carboxylic acids is 1. The number of hydrogen-bond donors (Lipinski definition) is 15. The summed E-state index contributed by atoms with van der Waals surface area (Å²) in [7, 11) is 0. The van der Waals surface area contributed by atoms with Gasteiger partial charge in [0.2, 0.25) is 41.4 Å². The van der Waals surface area contributed by atoms with Crippen molar-refractivity contribution in [1.29, 1.82) is 0 Å². The number of aliphatic carboxylic acids is 1. The van der Waals surface area contributed by atoms with Gasteiger partial charge in [-0.3, -0.25) is 38.6 Å². The molecule has 1 aromatic carbocycles. The Morgan fingerprint density at radius 1 is 0.667 bits per heavy atom. The van der Waals surface area contributed by atoms with Crippen molar-refractivity contribution in [3.05, 3.63) is 35.9 Å². The third kappa shape index (κ3) is 20.2. The van der Waals surface area contributed by atoms with Gasteiger partial charge in [0.25, 0.3) is 0 Å². The number of rotatable bonds is 28. The molecule has 63 heavy (non-hydrogen) atoms. The largest absolute Gasteiger partial charge is 0.480 e. The van der Waals surface area contributed by atoms with E-state index in [0.29, 0.717) is 5.56 Å². The molecular formula is C39H65N11O13. The molecular weight excluding hydrogens is 830 g/mol. The molecule has 0 saturated heterocycles. The second-order valence-corrected chi connectivity index (χ2v) is 15.5. The van der Waals surface area contributed by atoms with E-state index in [2.05, 4.69) is 36.9 Å². The van der Waals surface area contributed by atoms with E-state index in [0.717, 1.165) is 6.92 Å². The summed E-state index contributed by atoms with van der Waals surface area (Å²) in [6, 6.07) is -2.13. The van der Waals surface area contributed by atoms with Crippen molar-refractivity contribution in [2.45, 2.75) is 115 Å². The van der Waals surface area contributed by atoms with Crippen LogP contribution < -0.4 is 54.4 Å². The van der Waals surface area contributed by atoms with Gasteiger partial charge in [-0.25, -0.2) is 4.79 Å². The summed E-state index contributed by atoms with van der Waals surface area (Å²) in [5.74, 6) is -9.00. The van der Waals surface area contributed by atoms with Crippen molar-refractivity contribution in [2.75, 3.05) is 26.3 Å². The van der Waals surface area contributed by atoms with Crippen LogP contribution >= 0.6 is 0 Å². The van der Waals surface area contributed by atoms with Crippen LogP contribution in [0.1, 0.15) is 59.4 Å². The van der Waals surface area contributed by atoms with Crippen LogP contribution in [0.5, 0.6) is 0 Å². The molecule has 0 bridgehead atoms. The van der Waals surface area contributed by atoms with Crippen molar-refractivity contribution in [3.8, 4) is 0 Å². The highest BCUT2D eigenvalue weighted by Gasteiger charge is 2.35. The zero-order valence-electron chi connectivity index (χ0n) is 36.1. The van der Waals surface area contributed by atoms with Gasteiger partial charge in [0.1, 0.15) is 42.3 Å². The molecule has 1 rings (SSSR count). The Hall–Kier alpha value is -5.95. The average molecular weight is 896 g/mol. The number of carbonyl (C=O) groups is 8. The Labute approximate surface area is 365 Å². The molecule has 9 atom stereocenters. The van der Waals surface area contributed by atoms with Crippen LogP contribution in [0, 0.1) is 11.8 Å². The van der Waals surface area contributed by atoms with Crippen LogP contribution in [0.2, 0.25) is 0 Å². The minimum atomic E-state index is -1.73. The number of aliphatic hydroxyl groups excluding tert-OH is 4. The smallest absolute Gasteiger partial charge is 0.328 e. The molecule has 354 valence electrons.